The second-order valence-electron chi connectivity index (χ2n) is 9.91. The number of nitrogens with zero attached hydrogens (tertiary/aromatic N) is 5. The number of rotatable bonds is 2. The predicted molar refractivity (Wildman–Crippen MR) is 121 cm³/mol. The number of ether oxygens (including phenoxy) is 1. The summed E-state index contributed by atoms with van der Waals surface area (Å²) in [6.07, 6.45) is 7.62. The average Bonchev–Trinajstić information content (AvgIpc) is 3.19. The van der Waals surface area contributed by atoms with Gasteiger partial charge in [-0.15, -0.1) is 0 Å². The minimum atomic E-state index is 0.150. The number of fused-ring (bicyclic) bond motifs is 3. The van der Waals surface area contributed by atoms with Gasteiger partial charge < -0.3 is 15.0 Å². The van der Waals surface area contributed by atoms with E-state index in [-0.39, 0.29) is 5.54 Å². The minimum Gasteiger partial charge on any atom is -0.381 e. The van der Waals surface area contributed by atoms with Gasteiger partial charge in [0.05, 0.1) is 28.8 Å². The highest BCUT2D eigenvalue weighted by atomic mass is 16.5. The molecule has 2 aliphatic rings. The Morgan fingerprint density at radius 2 is 1.87 bits per heavy atom. The van der Waals surface area contributed by atoms with Gasteiger partial charge in [-0.05, 0) is 65.1 Å². The van der Waals surface area contributed by atoms with Crippen LogP contribution in [0.25, 0.3) is 21.9 Å². The van der Waals surface area contributed by atoms with Crippen LogP contribution in [0.4, 0.5) is 5.95 Å². The molecule has 0 unspecified atom stereocenters. The number of nitrogen functional groups attached to an aromatic ring is 1. The van der Waals surface area contributed by atoms with Gasteiger partial charge in [-0.3, -0.25) is 9.58 Å². The van der Waals surface area contributed by atoms with Gasteiger partial charge in [-0.1, -0.05) is 6.42 Å². The highest BCUT2D eigenvalue weighted by Gasteiger charge is 2.30. The molecule has 7 heteroatoms. The van der Waals surface area contributed by atoms with E-state index in [9.17, 15) is 0 Å². The van der Waals surface area contributed by atoms with E-state index < -0.39 is 0 Å². The molecule has 1 atom stereocenters. The lowest BCUT2D eigenvalue weighted by Crippen LogP contribution is -2.44. The van der Waals surface area contributed by atoms with Crippen LogP contribution in [0.15, 0.2) is 18.3 Å². The van der Waals surface area contributed by atoms with Crippen molar-refractivity contribution in [3.05, 3.63) is 18.3 Å². The number of hydrogen-bond acceptors (Lipinski definition) is 5. The number of hydrogen-bond donors (Lipinski definition) is 1. The molecule has 1 aromatic carbocycles. The lowest BCUT2D eigenvalue weighted by Gasteiger charge is -2.37. The van der Waals surface area contributed by atoms with E-state index >= 15 is 0 Å². The Balaban J connectivity index is 1.61. The summed E-state index contributed by atoms with van der Waals surface area (Å²) in [6, 6.07) is 5.00. The molecule has 2 aromatic heterocycles. The second kappa shape index (κ2) is 7.54. The van der Waals surface area contributed by atoms with E-state index in [2.05, 4.69) is 47.1 Å². The Labute approximate surface area is 178 Å². The van der Waals surface area contributed by atoms with Gasteiger partial charge in [-0.25, -0.2) is 4.98 Å². The lowest BCUT2D eigenvalue weighted by atomic mass is 10.0. The fraction of sp³-hybridized carbons (Fsp3) is 0.652. The van der Waals surface area contributed by atoms with Crippen LogP contribution in [0.3, 0.4) is 0 Å². The van der Waals surface area contributed by atoms with Gasteiger partial charge in [0, 0.05) is 36.7 Å². The summed E-state index contributed by atoms with van der Waals surface area (Å²) in [7, 11) is 0. The molecular formula is C23H34N6O. The smallest absolute Gasteiger partial charge is 0.201 e. The summed E-state index contributed by atoms with van der Waals surface area (Å²) in [4.78, 5) is 7.34. The van der Waals surface area contributed by atoms with Gasteiger partial charge in [0.2, 0.25) is 5.95 Å². The largest absolute Gasteiger partial charge is 0.381 e. The molecule has 2 N–H and O–H groups in total. The van der Waals surface area contributed by atoms with E-state index in [4.69, 9.17) is 20.6 Å². The third kappa shape index (κ3) is 3.38. The summed E-state index contributed by atoms with van der Waals surface area (Å²) in [5, 5.41) is 5.97. The molecule has 0 aliphatic carbocycles. The van der Waals surface area contributed by atoms with Crippen molar-refractivity contribution in [3.8, 4) is 0 Å². The molecule has 4 heterocycles. The zero-order chi connectivity index (χ0) is 20.9. The van der Waals surface area contributed by atoms with Crippen molar-refractivity contribution in [2.75, 3.05) is 32.0 Å². The van der Waals surface area contributed by atoms with Gasteiger partial charge in [0.25, 0.3) is 0 Å². The summed E-state index contributed by atoms with van der Waals surface area (Å²) < 4.78 is 10.1. The monoisotopic (exact) mass is 410 g/mol. The van der Waals surface area contributed by atoms with Crippen LogP contribution in [-0.2, 0) is 4.74 Å². The molecule has 162 valence electrons. The van der Waals surface area contributed by atoms with E-state index in [0.29, 0.717) is 18.0 Å². The first-order valence-corrected chi connectivity index (χ1v) is 11.4. The SMILES string of the molecule is CC(C)(C)N1CCCC[C@@H](n2c(N)nc3ccc4c(cnn4C4CCOCC4)c32)C1. The summed E-state index contributed by atoms with van der Waals surface area (Å²) in [5.74, 6) is 0.622. The van der Waals surface area contributed by atoms with Crippen LogP contribution in [-0.4, -0.2) is 56.1 Å². The number of imidazole rings is 1. The molecular weight excluding hydrogens is 376 g/mol. The molecule has 2 aliphatic heterocycles. The fourth-order valence-electron chi connectivity index (χ4n) is 5.26. The third-order valence-corrected chi connectivity index (χ3v) is 6.95. The third-order valence-electron chi connectivity index (χ3n) is 6.95. The maximum absolute atomic E-state index is 6.52. The molecule has 30 heavy (non-hydrogen) atoms. The highest BCUT2D eigenvalue weighted by molar-refractivity contribution is 6.04. The molecule has 3 aromatic rings. The van der Waals surface area contributed by atoms with E-state index in [1.807, 2.05) is 6.20 Å². The van der Waals surface area contributed by atoms with E-state index in [1.165, 1.54) is 18.4 Å². The standard InChI is InChI=1S/C23H34N6O/c1-23(2,3)27-11-5-4-6-17(15-27)28-21-18-14-25-29(16-9-12-30-13-10-16)20(18)8-7-19(21)26-22(28)24/h7-8,14,16-17H,4-6,9-13,15H2,1-3H3,(H2,24,26)/t17-/m1/s1. The van der Waals surface area contributed by atoms with Crippen LogP contribution >= 0.6 is 0 Å². The van der Waals surface area contributed by atoms with Crippen molar-refractivity contribution in [1.82, 2.24) is 24.2 Å². The Kier molecular flexibility index (Phi) is 4.98. The number of benzene rings is 1. The van der Waals surface area contributed by atoms with Gasteiger partial charge in [0.1, 0.15) is 0 Å². The normalized spacial score (nSPS) is 22.7. The minimum absolute atomic E-state index is 0.150. The number of nitrogens with two attached hydrogens (primary N) is 1. The summed E-state index contributed by atoms with van der Waals surface area (Å²) >= 11 is 0. The zero-order valence-corrected chi connectivity index (χ0v) is 18.5. The molecule has 2 saturated heterocycles. The lowest BCUT2D eigenvalue weighted by molar-refractivity contribution is 0.0675. The first-order chi connectivity index (χ1) is 14.4. The second-order valence-corrected chi connectivity index (χ2v) is 9.91. The summed E-state index contributed by atoms with van der Waals surface area (Å²) in [5.41, 5.74) is 9.96. The Morgan fingerprint density at radius 1 is 1.07 bits per heavy atom. The van der Waals surface area contributed by atoms with Crippen molar-refractivity contribution in [2.24, 2.45) is 0 Å². The first-order valence-electron chi connectivity index (χ1n) is 11.4. The predicted octanol–water partition coefficient (Wildman–Crippen LogP) is 4.15. The van der Waals surface area contributed by atoms with Gasteiger partial charge in [-0.2, -0.15) is 5.10 Å². The highest BCUT2D eigenvalue weighted by Crippen LogP contribution is 2.35. The maximum Gasteiger partial charge on any atom is 0.201 e. The van der Waals surface area contributed by atoms with Crippen molar-refractivity contribution in [3.63, 3.8) is 0 Å². The Hall–Kier alpha value is -2.12. The van der Waals surface area contributed by atoms with E-state index in [0.717, 1.165) is 62.0 Å². The first kappa shape index (κ1) is 19.8. The fourth-order valence-corrected chi connectivity index (χ4v) is 5.26. The zero-order valence-electron chi connectivity index (χ0n) is 18.5. The molecule has 0 bridgehead atoms. The van der Waals surface area contributed by atoms with Crippen LogP contribution in [0, 0.1) is 0 Å². The quantitative estimate of drug-likeness (QED) is 0.687. The van der Waals surface area contributed by atoms with Crippen molar-refractivity contribution < 1.29 is 4.74 Å². The van der Waals surface area contributed by atoms with E-state index in [1.54, 1.807) is 0 Å². The van der Waals surface area contributed by atoms with Crippen LogP contribution in [0.2, 0.25) is 0 Å². The Morgan fingerprint density at radius 3 is 2.63 bits per heavy atom. The molecule has 0 saturated carbocycles. The number of anilines is 1. The molecule has 0 radical (unpaired) electrons. The van der Waals surface area contributed by atoms with Gasteiger partial charge >= 0.3 is 0 Å². The van der Waals surface area contributed by atoms with Crippen molar-refractivity contribution in [1.29, 1.82) is 0 Å². The topological polar surface area (TPSA) is 74.1 Å². The molecule has 7 nitrogen and oxygen atoms in total. The number of aromatic nitrogens is 4. The molecule has 0 amide bonds. The molecule has 5 rings (SSSR count). The Bertz CT molecular complexity index is 1040. The number of likely N-dealkylation sites (tertiary alicyclic amines) is 1. The van der Waals surface area contributed by atoms with Crippen LogP contribution in [0.1, 0.15) is 65.0 Å². The molecule has 0 spiro atoms. The average molecular weight is 411 g/mol. The van der Waals surface area contributed by atoms with Crippen LogP contribution in [0.5, 0.6) is 0 Å². The van der Waals surface area contributed by atoms with Crippen molar-refractivity contribution >= 4 is 27.9 Å². The molecule has 2 fully saturated rings. The summed E-state index contributed by atoms with van der Waals surface area (Å²) in [6.45, 7) is 10.7. The van der Waals surface area contributed by atoms with Gasteiger partial charge in [0.15, 0.2) is 0 Å². The van der Waals surface area contributed by atoms with Crippen molar-refractivity contribution in [2.45, 2.75) is 70.5 Å². The maximum atomic E-state index is 6.52. The van der Waals surface area contributed by atoms with Crippen LogP contribution < -0.4 is 5.73 Å².